The smallest absolute Gasteiger partial charge is 0.247 e. The van der Waals surface area contributed by atoms with Crippen molar-refractivity contribution >= 4 is 19.1 Å². The molecule has 0 bridgehead atoms. The van der Waals surface area contributed by atoms with E-state index in [9.17, 15) is 10.2 Å². The molecule has 0 aliphatic carbocycles. The van der Waals surface area contributed by atoms with E-state index >= 15 is 0 Å². The third-order valence-electron chi connectivity index (χ3n) is 5.87. The molecule has 0 fully saturated rings. The number of aliphatic hydroxyl groups is 1. The molecule has 0 heterocycles. The summed E-state index contributed by atoms with van der Waals surface area (Å²) in [6, 6.07) is 13.8. The molecule has 0 aliphatic rings. The van der Waals surface area contributed by atoms with Gasteiger partial charge in [-0.2, -0.15) is 0 Å². The number of phenols is 1. The Morgan fingerprint density at radius 3 is 2.32 bits per heavy atom. The molecule has 3 aromatic carbocycles. The Kier molecular flexibility index (Phi) is 5.55. The van der Waals surface area contributed by atoms with E-state index in [0.29, 0.717) is 5.54 Å². The number of hydrogen-bond acceptors (Lipinski definition) is 3. The van der Waals surface area contributed by atoms with Gasteiger partial charge >= 0.3 is 0 Å². The number of rotatable bonds is 5. The van der Waals surface area contributed by atoms with E-state index < -0.39 is 8.32 Å². The number of fused-ring (bicyclic) bond motifs is 1. The summed E-state index contributed by atoms with van der Waals surface area (Å²) in [5.41, 5.74) is 4.75. The predicted molar refractivity (Wildman–Crippen MR) is 120 cm³/mol. The van der Waals surface area contributed by atoms with Gasteiger partial charge in [0.1, 0.15) is 11.5 Å². The number of aromatic hydroxyl groups is 1. The fourth-order valence-electron chi connectivity index (χ4n) is 3.54. The molecule has 28 heavy (non-hydrogen) atoms. The lowest BCUT2D eigenvalue weighted by Gasteiger charge is -2.31. The van der Waals surface area contributed by atoms with E-state index in [1.165, 1.54) is 0 Å². The summed E-state index contributed by atoms with van der Waals surface area (Å²) in [4.78, 5) is 0. The molecule has 0 aliphatic heterocycles. The Morgan fingerprint density at radius 2 is 1.68 bits per heavy atom. The van der Waals surface area contributed by atoms with Crippen LogP contribution in [-0.4, -0.2) is 18.5 Å². The van der Waals surface area contributed by atoms with Crippen molar-refractivity contribution < 1.29 is 14.6 Å². The van der Waals surface area contributed by atoms with Crippen molar-refractivity contribution in [1.82, 2.24) is 0 Å². The summed E-state index contributed by atoms with van der Waals surface area (Å²) in [6.45, 7) is 12.7. The lowest BCUT2D eigenvalue weighted by Crippen LogP contribution is -2.38. The van der Waals surface area contributed by atoms with E-state index in [1.54, 1.807) is 6.07 Å². The quantitative estimate of drug-likeness (QED) is 0.498. The SMILES string of the molecule is Cc1cc(O)c(-c2c(CO)ccc3ccccc23)c(C)c1O[Si](C)(C)C(C)C. The molecule has 0 saturated carbocycles. The maximum Gasteiger partial charge on any atom is 0.247 e. The Bertz CT molecular complexity index is 1020. The second-order valence-corrected chi connectivity index (χ2v) is 12.9. The monoisotopic (exact) mass is 394 g/mol. The van der Waals surface area contributed by atoms with E-state index in [4.69, 9.17) is 4.43 Å². The minimum Gasteiger partial charge on any atom is -0.543 e. The summed E-state index contributed by atoms with van der Waals surface area (Å²) in [6.07, 6.45) is 0. The van der Waals surface area contributed by atoms with E-state index in [-0.39, 0.29) is 12.4 Å². The van der Waals surface area contributed by atoms with Crippen LogP contribution in [0.1, 0.15) is 30.5 Å². The average Bonchev–Trinajstić information content (AvgIpc) is 2.65. The third-order valence-corrected chi connectivity index (χ3v) is 9.39. The topological polar surface area (TPSA) is 49.7 Å². The van der Waals surface area contributed by atoms with Crippen LogP contribution in [0.25, 0.3) is 21.9 Å². The zero-order valence-electron chi connectivity index (χ0n) is 17.6. The molecule has 2 N–H and O–H groups in total. The van der Waals surface area contributed by atoms with Crippen molar-refractivity contribution in [1.29, 1.82) is 0 Å². The first-order valence-corrected chi connectivity index (χ1v) is 12.8. The van der Waals surface area contributed by atoms with E-state index in [0.717, 1.165) is 44.3 Å². The number of phenolic OH excluding ortho intramolecular Hbond substituents is 1. The van der Waals surface area contributed by atoms with Crippen LogP contribution in [0.3, 0.4) is 0 Å². The highest BCUT2D eigenvalue weighted by atomic mass is 28.4. The fourth-order valence-corrected chi connectivity index (χ4v) is 4.62. The summed E-state index contributed by atoms with van der Waals surface area (Å²) >= 11 is 0. The van der Waals surface area contributed by atoms with Crippen molar-refractivity contribution in [2.45, 2.75) is 52.9 Å². The molecule has 148 valence electrons. The Morgan fingerprint density at radius 1 is 1.00 bits per heavy atom. The molecule has 0 spiro atoms. The molecular formula is C24H30O3Si. The van der Waals surface area contributed by atoms with Crippen LogP contribution in [0.5, 0.6) is 11.5 Å². The molecule has 0 radical (unpaired) electrons. The van der Waals surface area contributed by atoms with E-state index in [1.807, 2.05) is 50.2 Å². The van der Waals surface area contributed by atoms with Gasteiger partial charge in [-0.15, -0.1) is 0 Å². The van der Waals surface area contributed by atoms with Gasteiger partial charge < -0.3 is 14.6 Å². The van der Waals surface area contributed by atoms with Gasteiger partial charge in [0.15, 0.2) is 0 Å². The maximum absolute atomic E-state index is 10.9. The van der Waals surface area contributed by atoms with Crippen molar-refractivity contribution in [3.05, 3.63) is 59.2 Å². The van der Waals surface area contributed by atoms with Crippen molar-refractivity contribution in [3.63, 3.8) is 0 Å². The number of benzene rings is 3. The van der Waals surface area contributed by atoms with E-state index in [2.05, 4.69) is 26.9 Å². The van der Waals surface area contributed by atoms with Gasteiger partial charge in [0.05, 0.1) is 6.61 Å². The van der Waals surface area contributed by atoms with Crippen LogP contribution in [0.15, 0.2) is 42.5 Å². The molecule has 3 rings (SSSR count). The van der Waals surface area contributed by atoms with Crippen LogP contribution < -0.4 is 4.43 Å². The van der Waals surface area contributed by atoms with Gasteiger partial charge in [-0.05, 0) is 66.0 Å². The third kappa shape index (κ3) is 3.54. The van der Waals surface area contributed by atoms with Gasteiger partial charge in [0.2, 0.25) is 8.32 Å². The largest absolute Gasteiger partial charge is 0.543 e. The highest BCUT2D eigenvalue weighted by Gasteiger charge is 2.31. The summed E-state index contributed by atoms with van der Waals surface area (Å²) < 4.78 is 6.59. The van der Waals surface area contributed by atoms with Crippen LogP contribution in [0.2, 0.25) is 18.6 Å². The molecule has 0 saturated heterocycles. The van der Waals surface area contributed by atoms with Gasteiger partial charge in [-0.25, -0.2) is 0 Å². The zero-order chi connectivity index (χ0) is 20.6. The normalized spacial score (nSPS) is 12.0. The molecule has 0 amide bonds. The highest BCUT2D eigenvalue weighted by molar-refractivity contribution is 6.73. The Labute approximate surface area is 168 Å². The zero-order valence-corrected chi connectivity index (χ0v) is 18.6. The predicted octanol–water partition coefficient (Wildman–Crippen LogP) is 6.32. The van der Waals surface area contributed by atoms with Gasteiger partial charge in [-0.1, -0.05) is 50.2 Å². The average molecular weight is 395 g/mol. The minimum atomic E-state index is -1.93. The maximum atomic E-state index is 10.9. The minimum absolute atomic E-state index is 0.0879. The molecule has 0 unspecified atom stereocenters. The number of hydrogen-bond donors (Lipinski definition) is 2. The van der Waals surface area contributed by atoms with Crippen molar-refractivity contribution in [2.24, 2.45) is 0 Å². The highest BCUT2D eigenvalue weighted by Crippen LogP contribution is 2.45. The molecular weight excluding hydrogens is 364 g/mol. The molecule has 3 aromatic rings. The van der Waals surface area contributed by atoms with Crippen molar-refractivity contribution in [3.8, 4) is 22.6 Å². The van der Waals surface area contributed by atoms with Crippen LogP contribution in [0.4, 0.5) is 0 Å². The van der Waals surface area contributed by atoms with Crippen LogP contribution in [0, 0.1) is 13.8 Å². The first-order chi connectivity index (χ1) is 13.2. The molecule has 4 heteroatoms. The van der Waals surface area contributed by atoms with Crippen LogP contribution in [-0.2, 0) is 6.61 Å². The summed E-state index contributed by atoms with van der Waals surface area (Å²) in [5, 5.41) is 23.0. The molecule has 0 aromatic heterocycles. The lowest BCUT2D eigenvalue weighted by molar-refractivity contribution is 0.282. The second kappa shape index (κ2) is 7.61. The lowest BCUT2D eigenvalue weighted by atomic mass is 9.89. The van der Waals surface area contributed by atoms with Gasteiger partial charge in [-0.3, -0.25) is 0 Å². The van der Waals surface area contributed by atoms with Crippen molar-refractivity contribution in [2.75, 3.05) is 0 Å². The molecule has 3 nitrogen and oxygen atoms in total. The summed E-state index contributed by atoms with van der Waals surface area (Å²) in [7, 11) is -1.93. The Balaban J connectivity index is 2.33. The molecule has 0 atom stereocenters. The standard InChI is InChI=1S/C24H30O3Si/c1-15(2)28(5,6)27-24-16(3)13-21(26)22(17(24)4)23-19(14-25)12-11-18-9-7-8-10-20(18)23/h7-13,15,25-26H,14H2,1-6H3. The first-order valence-electron chi connectivity index (χ1n) is 9.81. The first kappa shape index (κ1) is 20.4. The second-order valence-electron chi connectivity index (χ2n) is 8.38. The fraction of sp³-hybridized carbons (Fsp3) is 0.333. The van der Waals surface area contributed by atoms with Crippen LogP contribution >= 0.6 is 0 Å². The number of aliphatic hydroxyl groups excluding tert-OH is 1. The summed E-state index contributed by atoms with van der Waals surface area (Å²) in [5.74, 6) is 1.08. The Hall–Kier alpha value is -2.30. The number of aryl methyl sites for hydroxylation is 1. The van der Waals surface area contributed by atoms with Gasteiger partial charge in [0.25, 0.3) is 0 Å². The van der Waals surface area contributed by atoms with Gasteiger partial charge in [0, 0.05) is 11.1 Å².